The molecule has 0 fully saturated rings. The highest BCUT2D eigenvalue weighted by molar-refractivity contribution is 5.95. The van der Waals surface area contributed by atoms with Crippen LogP contribution in [-0.4, -0.2) is 19.1 Å². The summed E-state index contributed by atoms with van der Waals surface area (Å²) in [5, 5.41) is 6.54. The van der Waals surface area contributed by atoms with Crippen molar-refractivity contribution in [3.63, 3.8) is 0 Å². The van der Waals surface area contributed by atoms with Gasteiger partial charge in [0.25, 0.3) is 0 Å². The average Bonchev–Trinajstić information content (AvgIpc) is 3.12. The zero-order valence-corrected chi connectivity index (χ0v) is 12.5. The first-order valence-corrected chi connectivity index (χ1v) is 6.69. The number of rotatable bonds is 4. The predicted molar refractivity (Wildman–Crippen MR) is 85.4 cm³/mol. The minimum Gasteiger partial charge on any atom is -0.494 e. The van der Waals surface area contributed by atoms with Crippen molar-refractivity contribution >= 4 is 24.1 Å². The molecule has 2 aromatic rings. The molecule has 1 aromatic heterocycles. The monoisotopic (exact) mass is 307 g/mol. The lowest BCUT2D eigenvalue weighted by Gasteiger charge is -2.11. The number of nitrogens with zero attached hydrogens (tertiary/aromatic N) is 1. The van der Waals surface area contributed by atoms with Gasteiger partial charge in [-0.25, -0.2) is 0 Å². The summed E-state index contributed by atoms with van der Waals surface area (Å²) in [6, 6.07) is 11.7. The third-order valence-corrected chi connectivity index (χ3v) is 3.06. The molecule has 1 aliphatic heterocycles. The van der Waals surface area contributed by atoms with Gasteiger partial charge in [-0.15, -0.1) is 12.4 Å². The van der Waals surface area contributed by atoms with Gasteiger partial charge in [0.05, 0.1) is 19.4 Å². The molecule has 5 nitrogen and oxygen atoms in total. The third-order valence-electron chi connectivity index (χ3n) is 3.06. The number of anilines is 1. The summed E-state index contributed by atoms with van der Waals surface area (Å²) in [7, 11) is 0. The Labute approximate surface area is 129 Å². The van der Waals surface area contributed by atoms with Crippen LogP contribution in [0.3, 0.4) is 0 Å². The first-order valence-electron chi connectivity index (χ1n) is 6.69. The summed E-state index contributed by atoms with van der Waals surface area (Å²) in [6.45, 7) is 3.32. The zero-order valence-electron chi connectivity index (χ0n) is 11.7. The van der Waals surface area contributed by atoms with Crippen LogP contribution in [0.2, 0.25) is 0 Å². The van der Waals surface area contributed by atoms with Crippen LogP contribution in [0, 0.1) is 0 Å². The quantitative estimate of drug-likeness (QED) is 0.910. The summed E-state index contributed by atoms with van der Waals surface area (Å²) in [4.78, 5) is 4.43. The molecule has 1 atom stereocenters. The fourth-order valence-corrected chi connectivity index (χ4v) is 2.10. The maximum Gasteiger partial charge on any atom is 0.196 e. The molecule has 2 heterocycles. The predicted octanol–water partition coefficient (Wildman–Crippen LogP) is 3.21. The van der Waals surface area contributed by atoms with E-state index in [2.05, 4.69) is 15.6 Å². The fourth-order valence-electron chi connectivity index (χ4n) is 2.10. The van der Waals surface area contributed by atoms with Gasteiger partial charge in [0.1, 0.15) is 17.6 Å². The summed E-state index contributed by atoms with van der Waals surface area (Å²) >= 11 is 0. The molecule has 1 aliphatic rings. The number of aliphatic imine (C=N–C) groups is 1. The zero-order chi connectivity index (χ0) is 13.8. The van der Waals surface area contributed by atoms with E-state index in [0.29, 0.717) is 13.2 Å². The van der Waals surface area contributed by atoms with E-state index in [-0.39, 0.29) is 18.4 Å². The van der Waals surface area contributed by atoms with Crippen molar-refractivity contribution in [1.29, 1.82) is 0 Å². The van der Waals surface area contributed by atoms with Gasteiger partial charge in [-0.2, -0.15) is 0 Å². The number of benzene rings is 1. The number of hydrogen-bond acceptors (Lipinski definition) is 5. The number of furan rings is 1. The van der Waals surface area contributed by atoms with E-state index in [1.807, 2.05) is 43.3 Å². The third kappa shape index (κ3) is 3.70. The van der Waals surface area contributed by atoms with E-state index in [4.69, 9.17) is 9.15 Å². The second kappa shape index (κ2) is 7.04. The number of halogens is 1. The normalized spacial score (nSPS) is 16.6. The molecule has 1 aromatic carbocycles. The molecule has 6 heteroatoms. The molecule has 0 radical (unpaired) electrons. The van der Waals surface area contributed by atoms with Crippen molar-refractivity contribution in [1.82, 2.24) is 5.32 Å². The average molecular weight is 308 g/mol. The van der Waals surface area contributed by atoms with Crippen LogP contribution >= 0.6 is 12.4 Å². The van der Waals surface area contributed by atoms with Crippen LogP contribution in [-0.2, 0) is 0 Å². The highest BCUT2D eigenvalue weighted by Crippen LogP contribution is 2.19. The maximum atomic E-state index is 5.41. The SMILES string of the molecule is CCOc1ccc(NC2=NCC(c3ccco3)N2)cc1.Cl. The Morgan fingerprint density at radius 3 is 2.81 bits per heavy atom. The Kier molecular flexibility index (Phi) is 5.11. The molecule has 1 unspecified atom stereocenters. The minimum atomic E-state index is 0. The first-order chi connectivity index (χ1) is 9.85. The molecule has 0 spiro atoms. The standard InChI is InChI=1S/C15H17N3O2.ClH/c1-2-19-12-7-5-11(6-8-12)17-15-16-10-13(18-15)14-4-3-9-20-14;/h3-9,13H,2,10H2,1H3,(H2,16,17,18);1H. The lowest BCUT2D eigenvalue weighted by molar-refractivity contribution is 0.340. The summed E-state index contributed by atoms with van der Waals surface area (Å²) in [5.41, 5.74) is 0.972. The lowest BCUT2D eigenvalue weighted by Crippen LogP contribution is -2.28. The molecule has 0 aliphatic carbocycles. The summed E-state index contributed by atoms with van der Waals surface area (Å²) in [6.07, 6.45) is 1.68. The second-order valence-corrected chi connectivity index (χ2v) is 4.48. The molecule has 0 saturated heterocycles. The smallest absolute Gasteiger partial charge is 0.196 e. The first kappa shape index (κ1) is 15.3. The van der Waals surface area contributed by atoms with Gasteiger partial charge in [0.15, 0.2) is 5.96 Å². The second-order valence-electron chi connectivity index (χ2n) is 4.48. The molecule has 112 valence electrons. The van der Waals surface area contributed by atoms with Gasteiger partial charge in [0, 0.05) is 5.69 Å². The van der Waals surface area contributed by atoms with Crippen LogP contribution in [0.25, 0.3) is 0 Å². The van der Waals surface area contributed by atoms with Crippen LogP contribution in [0.1, 0.15) is 18.7 Å². The van der Waals surface area contributed by atoms with Crippen LogP contribution in [0.15, 0.2) is 52.1 Å². The van der Waals surface area contributed by atoms with Gasteiger partial charge < -0.3 is 19.8 Å². The molecular weight excluding hydrogens is 290 g/mol. The number of hydrogen-bond donors (Lipinski definition) is 2. The largest absolute Gasteiger partial charge is 0.494 e. The van der Waals surface area contributed by atoms with Crippen molar-refractivity contribution in [2.24, 2.45) is 4.99 Å². The topological polar surface area (TPSA) is 58.8 Å². The number of ether oxygens (including phenoxy) is 1. The summed E-state index contributed by atoms with van der Waals surface area (Å²) < 4.78 is 10.8. The van der Waals surface area contributed by atoms with E-state index in [1.165, 1.54) is 0 Å². The molecule has 21 heavy (non-hydrogen) atoms. The van der Waals surface area contributed by atoms with E-state index < -0.39 is 0 Å². The fraction of sp³-hybridized carbons (Fsp3) is 0.267. The van der Waals surface area contributed by atoms with Crippen molar-refractivity contribution < 1.29 is 9.15 Å². The Balaban J connectivity index is 0.00000161. The Morgan fingerprint density at radius 2 is 2.14 bits per heavy atom. The minimum absolute atomic E-state index is 0. The lowest BCUT2D eigenvalue weighted by atomic mass is 10.2. The molecule has 0 bridgehead atoms. The van der Waals surface area contributed by atoms with Crippen LogP contribution in [0.4, 0.5) is 5.69 Å². The van der Waals surface area contributed by atoms with E-state index in [1.54, 1.807) is 6.26 Å². The summed E-state index contributed by atoms with van der Waals surface area (Å²) in [5.74, 6) is 2.53. The Hall–Kier alpha value is -2.14. The van der Waals surface area contributed by atoms with Gasteiger partial charge in [-0.1, -0.05) is 0 Å². The number of nitrogens with one attached hydrogen (secondary N) is 2. The van der Waals surface area contributed by atoms with Crippen LogP contribution in [0.5, 0.6) is 5.75 Å². The Morgan fingerprint density at radius 1 is 1.33 bits per heavy atom. The van der Waals surface area contributed by atoms with Crippen molar-refractivity contribution in [2.45, 2.75) is 13.0 Å². The van der Waals surface area contributed by atoms with Gasteiger partial charge in [0.2, 0.25) is 0 Å². The van der Waals surface area contributed by atoms with Crippen molar-refractivity contribution in [3.8, 4) is 5.75 Å². The molecule has 0 amide bonds. The van der Waals surface area contributed by atoms with Crippen molar-refractivity contribution in [3.05, 3.63) is 48.4 Å². The van der Waals surface area contributed by atoms with E-state index in [0.717, 1.165) is 23.2 Å². The highest BCUT2D eigenvalue weighted by Gasteiger charge is 2.21. The number of guanidine groups is 1. The van der Waals surface area contributed by atoms with Gasteiger partial charge in [-0.05, 0) is 43.3 Å². The molecule has 3 rings (SSSR count). The highest BCUT2D eigenvalue weighted by atomic mass is 35.5. The maximum absolute atomic E-state index is 5.41. The van der Waals surface area contributed by atoms with Gasteiger partial charge in [-0.3, -0.25) is 4.99 Å². The molecular formula is C15H18ClN3O2. The van der Waals surface area contributed by atoms with Crippen LogP contribution < -0.4 is 15.4 Å². The van der Waals surface area contributed by atoms with Gasteiger partial charge >= 0.3 is 0 Å². The van der Waals surface area contributed by atoms with E-state index in [9.17, 15) is 0 Å². The Bertz CT molecular complexity index is 581. The van der Waals surface area contributed by atoms with E-state index >= 15 is 0 Å². The molecule has 2 N–H and O–H groups in total. The van der Waals surface area contributed by atoms with Crippen molar-refractivity contribution in [2.75, 3.05) is 18.5 Å². The molecule has 0 saturated carbocycles.